The summed E-state index contributed by atoms with van der Waals surface area (Å²) in [6.07, 6.45) is 1.11. The maximum absolute atomic E-state index is 11.7. The van der Waals surface area contributed by atoms with Gasteiger partial charge in [0.05, 0.1) is 17.9 Å². The fraction of sp³-hybridized carbons (Fsp3) is 0.417. The summed E-state index contributed by atoms with van der Waals surface area (Å²) in [4.78, 5) is 0. The van der Waals surface area contributed by atoms with E-state index in [0.717, 1.165) is 16.3 Å². The first-order valence-corrected chi connectivity index (χ1v) is 8.08. The Kier molecular flexibility index (Phi) is 3.26. The highest BCUT2D eigenvalue weighted by molar-refractivity contribution is 9.10. The van der Waals surface area contributed by atoms with Crippen LogP contribution in [0.25, 0.3) is 0 Å². The lowest BCUT2D eigenvalue weighted by Crippen LogP contribution is -2.16. The zero-order valence-corrected chi connectivity index (χ0v) is 12.1. The third-order valence-electron chi connectivity index (χ3n) is 3.42. The summed E-state index contributed by atoms with van der Waals surface area (Å²) in [7, 11) is -3.36. The molecule has 0 aromatic heterocycles. The molecule has 1 aromatic carbocycles. The third kappa shape index (κ3) is 1.96. The monoisotopic (exact) mass is 329 g/mol. The lowest BCUT2D eigenvalue weighted by Gasteiger charge is -2.03. The van der Waals surface area contributed by atoms with E-state index in [9.17, 15) is 18.8 Å². The minimum Gasteiger partial charge on any atom is -0.395 e. The van der Waals surface area contributed by atoms with Crippen molar-refractivity contribution in [1.29, 1.82) is 5.26 Å². The minimum atomic E-state index is -3.36. The SMILES string of the molecule is CS(=O)(=O)[C@H]1[C@H](c2ccc(Br)cc2)[C@@]1(C#N)CO. The van der Waals surface area contributed by atoms with E-state index in [1.807, 2.05) is 6.07 Å². The van der Waals surface area contributed by atoms with Gasteiger partial charge in [0.25, 0.3) is 0 Å². The van der Waals surface area contributed by atoms with Crippen molar-refractivity contribution in [1.82, 2.24) is 0 Å². The molecular weight excluding hydrogens is 318 g/mol. The molecule has 1 aliphatic carbocycles. The van der Waals surface area contributed by atoms with Crippen LogP contribution in [0, 0.1) is 16.7 Å². The first-order chi connectivity index (χ1) is 8.36. The van der Waals surface area contributed by atoms with Crippen LogP contribution < -0.4 is 0 Å². The van der Waals surface area contributed by atoms with Gasteiger partial charge in [-0.25, -0.2) is 8.42 Å². The van der Waals surface area contributed by atoms with Gasteiger partial charge in [-0.3, -0.25) is 0 Å². The molecule has 18 heavy (non-hydrogen) atoms. The number of sulfone groups is 1. The van der Waals surface area contributed by atoms with Gasteiger partial charge in [0.1, 0.15) is 5.41 Å². The number of nitrogens with zero attached hydrogens (tertiary/aromatic N) is 1. The standard InChI is InChI=1S/C12H12BrNO3S/c1-18(16,17)11-10(12(11,6-14)7-15)8-2-4-9(13)5-3-8/h2-5,10-11,15H,7H2,1H3/t10-,11-,12+/m0/s1. The second kappa shape index (κ2) is 4.34. The quantitative estimate of drug-likeness (QED) is 0.910. The Morgan fingerprint density at radius 2 is 2.00 bits per heavy atom. The molecule has 0 saturated heterocycles. The lowest BCUT2D eigenvalue weighted by molar-refractivity contribution is 0.242. The second-order valence-electron chi connectivity index (χ2n) is 4.59. The van der Waals surface area contributed by atoms with Crippen LogP contribution in [-0.4, -0.2) is 31.6 Å². The van der Waals surface area contributed by atoms with Gasteiger partial charge in [0.15, 0.2) is 9.84 Å². The molecule has 3 atom stereocenters. The summed E-state index contributed by atoms with van der Waals surface area (Å²) in [6, 6.07) is 9.14. The second-order valence-corrected chi connectivity index (χ2v) is 7.67. The highest BCUT2D eigenvalue weighted by atomic mass is 79.9. The van der Waals surface area contributed by atoms with Crippen molar-refractivity contribution in [3.8, 4) is 6.07 Å². The van der Waals surface area contributed by atoms with Crippen molar-refractivity contribution < 1.29 is 13.5 Å². The summed E-state index contributed by atoms with van der Waals surface area (Å²) in [5, 5.41) is 17.8. The predicted molar refractivity (Wildman–Crippen MR) is 70.6 cm³/mol. The molecule has 0 heterocycles. The van der Waals surface area contributed by atoms with E-state index in [1.54, 1.807) is 24.3 Å². The number of hydrogen-bond acceptors (Lipinski definition) is 4. The molecule has 96 valence electrons. The van der Waals surface area contributed by atoms with E-state index in [2.05, 4.69) is 15.9 Å². The van der Waals surface area contributed by atoms with Crippen LogP contribution in [0.3, 0.4) is 0 Å². The Hall–Kier alpha value is -0.900. The molecule has 0 radical (unpaired) electrons. The number of aliphatic hydroxyl groups excluding tert-OH is 1. The maximum atomic E-state index is 11.7. The van der Waals surface area contributed by atoms with Crippen molar-refractivity contribution in [2.24, 2.45) is 5.41 Å². The maximum Gasteiger partial charge on any atom is 0.152 e. The summed E-state index contributed by atoms with van der Waals surface area (Å²) in [5.74, 6) is -0.449. The van der Waals surface area contributed by atoms with Gasteiger partial charge in [-0.2, -0.15) is 5.26 Å². The summed E-state index contributed by atoms with van der Waals surface area (Å²) in [5.41, 5.74) is -0.425. The van der Waals surface area contributed by atoms with Gasteiger partial charge in [0, 0.05) is 16.6 Å². The first kappa shape index (κ1) is 13.5. The van der Waals surface area contributed by atoms with Gasteiger partial charge < -0.3 is 5.11 Å². The average Bonchev–Trinajstić information content (AvgIpc) is 3.00. The van der Waals surface area contributed by atoms with E-state index < -0.39 is 33.0 Å². The highest BCUT2D eigenvalue weighted by Crippen LogP contribution is 2.62. The Balaban J connectivity index is 2.46. The molecule has 1 aromatic rings. The van der Waals surface area contributed by atoms with Gasteiger partial charge in [0.2, 0.25) is 0 Å². The Bertz CT molecular complexity index is 605. The molecule has 6 heteroatoms. The van der Waals surface area contributed by atoms with Crippen molar-refractivity contribution in [3.05, 3.63) is 34.3 Å². The van der Waals surface area contributed by atoms with Crippen LogP contribution in [0.15, 0.2) is 28.7 Å². The fourth-order valence-electron chi connectivity index (χ4n) is 2.53. The molecule has 1 saturated carbocycles. The predicted octanol–water partition coefficient (Wildman–Crippen LogP) is 1.46. The smallest absolute Gasteiger partial charge is 0.152 e. The highest BCUT2D eigenvalue weighted by Gasteiger charge is 2.70. The summed E-state index contributed by atoms with van der Waals surface area (Å²) >= 11 is 3.30. The molecule has 0 amide bonds. The molecule has 1 N–H and O–H groups in total. The third-order valence-corrected chi connectivity index (χ3v) is 5.56. The minimum absolute atomic E-state index is 0.442. The van der Waals surface area contributed by atoms with Crippen LogP contribution in [0.5, 0.6) is 0 Å². The largest absolute Gasteiger partial charge is 0.395 e. The van der Waals surface area contributed by atoms with Crippen LogP contribution in [-0.2, 0) is 9.84 Å². The van der Waals surface area contributed by atoms with Gasteiger partial charge in [-0.05, 0) is 17.7 Å². The Morgan fingerprint density at radius 1 is 1.44 bits per heavy atom. The number of rotatable bonds is 3. The molecule has 1 aliphatic rings. The van der Waals surface area contributed by atoms with Crippen LogP contribution >= 0.6 is 15.9 Å². The van der Waals surface area contributed by atoms with Crippen LogP contribution in [0.1, 0.15) is 11.5 Å². The molecule has 0 bridgehead atoms. The molecule has 0 spiro atoms. The van der Waals surface area contributed by atoms with Crippen molar-refractivity contribution in [3.63, 3.8) is 0 Å². The lowest BCUT2D eigenvalue weighted by atomic mass is 10.0. The average molecular weight is 330 g/mol. The Morgan fingerprint density at radius 3 is 2.33 bits per heavy atom. The van der Waals surface area contributed by atoms with Gasteiger partial charge in [-0.1, -0.05) is 28.1 Å². The molecular formula is C12H12BrNO3S. The zero-order valence-electron chi connectivity index (χ0n) is 9.67. The first-order valence-electron chi connectivity index (χ1n) is 5.33. The molecule has 0 unspecified atom stereocenters. The van der Waals surface area contributed by atoms with E-state index >= 15 is 0 Å². The number of aliphatic hydroxyl groups is 1. The summed E-state index contributed by atoms with van der Waals surface area (Å²) < 4.78 is 24.3. The van der Waals surface area contributed by atoms with E-state index in [4.69, 9.17) is 0 Å². The van der Waals surface area contributed by atoms with Crippen LogP contribution in [0.2, 0.25) is 0 Å². The number of benzene rings is 1. The van der Waals surface area contributed by atoms with Crippen molar-refractivity contribution in [2.75, 3.05) is 12.9 Å². The van der Waals surface area contributed by atoms with E-state index in [0.29, 0.717) is 0 Å². The fourth-order valence-corrected chi connectivity index (χ4v) is 4.65. The van der Waals surface area contributed by atoms with E-state index in [-0.39, 0.29) is 0 Å². The topological polar surface area (TPSA) is 78.2 Å². The molecule has 0 aliphatic heterocycles. The van der Waals surface area contributed by atoms with Gasteiger partial charge >= 0.3 is 0 Å². The molecule has 4 nitrogen and oxygen atoms in total. The summed E-state index contributed by atoms with van der Waals surface area (Å²) in [6.45, 7) is -0.442. The van der Waals surface area contributed by atoms with Crippen molar-refractivity contribution in [2.45, 2.75) is 11.2 Å². The normalized spacial score (nSPS) is 30.8. The molecule has 1 fully saturated rings. The van der Waals surface area contributed by atoms with Crippen molar-refractivity contribution >= 4 is 25.8 Å². The zero-order chi connectivity index (χ0) is 13.6. The number of halogens is 1. The Labute approximate surface area is 114 Å². The van der Waals surface area contributed by atoms with Gasteiger partial charge in [-0.15, -0.1) is 0 Å². The van der Waals surface area contributed by atoms with E-state index in [1.165, 1.54) is 0 Å². The number of hydrogen-bond donors (Lipinski definition) is 1. The van der Waals surface area contributed by atoms with Crippen LogP contribution in [0.4, 0.5) is 0 Å². The number of nitriles is 1. The molecule has 2 rings (SSSR count).